The maximum Gasteiger partial charge on any atom is 0.129 e. The molecule has 0 spiro atoms. The number of rotatable bonds is 3. The van der Waals surface area contributed by atoms with E-state index in [2.05, 4.69) is 37.2 Å². The van der Waals surface area contributed by atoms with Crippen LogP contribution in [-0.4, -0.2) is 7.05 Å². The van der Waals surface area contributed by atoms with Crippen molar-refractivity contribution >= 4 is 54.8 Å². The van der Waals surface area contributed by atoms with E-state index in [0.29, 0.717) is 10.6 Å². The summed E-state index contributed by atoms with van der Waals surface area (Å²) in [5, 5.41) is 3.52. The highest BCUT2D eigenvalue weighted by Crippen LogP contribution is 2.40. The Morgan fingerprint density at radius 3 is 2.61 bits per heavy atom. The number of nitrogens with one attached hydrogen (secondary N) is 1. The summed E-state index contributed by atoms with van der Waals surface area (Å²) < 4.78 is 15.9. The Labute approximate surface area is 131 Å². The van der Waals surface area contributed by atoms with Gasteiger partial charge in [-0.25, -0.2) is 4.39 Å². The van der Waals surface area contributed by atoms with Gasteiger partial charge in [0.25, 0.3) is 0 Å². The van der Waals surface area contributed by atoms with Crippen LogP contribution < -0.4 is 5.32 Å². The van der Waals surface area contributed by atoms with Gasteiger partial charge in [-0.05, 0) is 62.7 Å². The van der Waals surface area contributed by atoms with Crippen LogP contribution in [0.25, 0.3) is 0 Å². The zero-order valence-electron chi connectivity index (χ0n) is 9.31. The molecule has 1 aromatic heterocycles. The molecule has 0 saturated heterocycles. The normalized spacial score (nSPS) is 12.7. The molecule has 1 unspecified atom stereocenters. The van der Waals surface area contributed by atoms with Crippen LogP contribution in [0, 0.1) is 5.82 Å². The van der Waals surface area contributed by atoms with Crippen molar-refractivity contribution in [1.82, 2.24) is 5.32 Å². The molecule has 96 valence electrons. The van der Waals surface area contributed by atoms with E-state index in [1.807, 2.05) is 6.07 Å². The molecule has 0 aliphatic heterocycles. The molecule has 0 saturated carbocycles. The topological polar surface area (TPSA) is 12.0 Å². The van der Waals surface area contributed by atoms with E-state index in [1.54, 1.807) is 30.5 Å². The third-order valence-corrected chi connectivity index (χ3v) is 5.29. The fourth-order valence-corrected chi connectivity index (χ4v) is 4.97. The monoisotopic (exact) mass is 411 g/mol. The van der Waals surface area contributed by atoms with E-state index in [-0.39, 0.29) is 11.9 Å². The molecule has 2 aromatic rings. The lowest BCUT2D eigenvalue weighted by Crippen LogP contribution is -2.19. The van der Waals surface area contributed by atoms with E-state index in [0.717, 1.165) is 13.1 Å². The minimum Gasteiger partial charge on any atom is -0.309 e. The van der Waals surface area contributed by atoms with Crippen LogP contribution in [0.5, 0.6) is 0 Å². The third kappa shape index (κ3) is 2.80. The average Bonchev–Trinajstić information content (AvgIpc) is 2.63. The maximum absolute atomic E-state index is 14.0. The lowest BCUT2D eigenvalue weighted by atomic mass is 10.0. The molecule has 0 radical (unpaired) electrons. The Kier molecular flexibility index (Phi) is 4.83. The highest BCUT2D eigenvalue weighted by Gasteiger charge is 2.22. The quantitative estimate of drug-likeness (QED) is 0.713. The molecule has 1 heterocycles. The minimum absolute atomic E-state index is 0.282. The highest BCUT2D eigenvalue weighted by atomic mass is 79.9. The molecule has 1 atom stereocenters. The van der Waals surface area contributed by atoms with Gasteiger partial charge in [-0.15, -0.1) is 11.3 Å². The van der Waals surface area contributed by atoms with Gasteiger partial charge in [0.15, 0.2) is 0 Å². The molecule has 18 heavy (non-hydrogen) atoms. The van der Waals surface area contributed by atoms with E-state index in [9.17, 15) is 4.39 Å². The van der Waals surface area contributed by atoms with Crippen LogP contribution in [0.1, 0.15) is 17.2 Å². The van der Waals surface area contributed by atoms with Crippen molar-refractivity contribution in [3.8, 4) is 0 Å². The van der Waals surface area contributed by atoms with E-state index in [1.165, 1.54) is 6.07 Å². The first-order valence-corrected chi connectivity index (χ1v) is 7.88. The summed E-state index contributed by atoms with van der Waals surface area (Å²) in [6.07, 6.45) is 0. The van der Waals surface area contributed by atoms with Crippen LogP contribution in [-0.2, 0) is 0 Å². The Morgan fingerprint density at radius 2 is 2.11 bits per heavy atom. The molecular formula is C12H9Br2ClFNS. The molecule has 1 N–H and O–H groups in total. The number of benzene rings is 1. The van der Waals surface area contributed by atoms with Crippen molar-refractivity contribution in [2.45, 2.75) is 6.04 Å². The molecule has 0 aliphatic carbocycles. The summed E-state index contributed by atoms with van der Waals surface area (Å²) in [6, 6.07) is 6.39. The second-order valence-electron chi connectivity index (χ2n) is 3.64. The summed E-state index contributed by atoms with van der Waals surface area (Å²) in [5.74, 6) is -0.309. The van der Waals surface area contributed by atoms with Crippen LogP contribution in [0.4, 0.5) is 4.39 Å². The first-order valence-electron chi connectivity index (χ1n) is 5.10. The second-order valence-corrected chi connectivity index (χ2v) is 7.79. The van der Waals surface area contributed by atoms with Crippen molar-refractivity contribution < 1.29 is 4.39 Å². The van der Waals surface area contributed by atoms with Crippen LogP contribution >= 0.6 is 54.8 Å². The summed E-state index contributed by atoms with van der Waals surface area (Å²) in [7, 11) is 1.78. The first kappa shape index (κ1) is 14.5. The first-order chi connectivity index (χ1) is 8.54. The largest absolute Gasteiger partial charge is 0.309 e. The maximum atomic E-state index is 14.0. The van der Waals surface area contributed by atoms with E-state index >= 15 is 0 Å². The molecule has 0 bridgehead atoms. The molecule has 6 heteroatoms. The lowest BCUT2D eigenvalue weighted by molar-refractivity contribution is 0.576. The molecule has 1 aromatic carbocycles. The minimum atomic E-state index is -0.309. The van der Waals surface area contributed by atoms with Gasteiger partial charge >= 0.3 is 0 Å². The van der Waals surface area contributed by atoms with Crippen molar-refractivity contribution in [2.24, 2.45) is 0 Å². The predicted octanol–water partition coefficient (Wildman–Crippen LogP) is 5.37. The summed E-state index contributed by atoms with van der Waals surface area (Å²) in [6.45, 7) is 0. The van der Waals surface area contributed by atoms with Gasteiger partial charge in [0, 0.05) is 10.6 Å². The molecule has 0 amide bonds. The van der Waals surface area contributed by atoms with Gasteiger partial charge in [-0.2, -0.15) is 0 Å². The Morgan fingerprint density at radius 1 is 1.39 bits per heavy atom. The Bertz CT molecular complexity index is 553. The summed E-state index contributed by atoms with van der Waals surface area (Å²) in [5.41, 5.74) is 1.43. The van der Waals surface area contributed by atoms with Crippen LogP contribution in [0.2, 0.25) is 5.02 Å². The lowest BCUT2D eigenvalue weighted by Gasteiger charge is -2.18. The van der Waals surface area contributed by atoms with Gasteiger partial charge in [0.1, 0.15) is 5.82 Å². The SMILES string of the molecule is CNC(c1cc(Br)sc1Br)c1c(F)cccc1Cl. The van der Waals surface area contributed by atoms with Gasteiger partial charge in [0.2, 0.25) is 0 Å². The average molecular weight is 414 g/mol. The smallest absolute Gasteiger partial charge is 0.129 e. The highest BCUT2D eigenvalue weighted by molar-refractivity contribution is 9.12. The molecule has 0 fully saturated rings. The van der Waals surface area contributed by atoms with Gasteiger partial charge in [-0.3, -0.25) is 0 Å². The third-order valence-electron chi connectivity index (χ3n) is 2.57. The predicted molar refractivity (Wildman–Crippen MR) is 82.0 cm³/mol. The van der Waals surface area contributed by atoms with Crippen molar-refractivity contribution in [3.05, 3.63) is 53.8 Å². The standard InChI is InChI=1S/C12H9Br2ClFNS/c1-17-11(6-5-9(13)18-12(6)14)10-7(15)3-2-4-8(10)16/h2-5,11,17H,1H3. The number of hydrogen-bond donors (Lipinski definition) is 1. The number of halogens is 4. The second kappa shape index (κ2) is 6.01. The van der Waals surface area contributed by atoms with Crippen LogP contribution in [0.3, 0.4) is 0 Å². The van der Waals surface area contributed by atoms with Gasteiger partial charge in [-0.1, -0.05) is 17.7 Å². The van der Waals surface area contributed by atoms with E-state index in [4.69, 9.17) is 11.6 Å². The summed E-state index contributed by atoms with van der Waals surface area (Å²) >= 11 is 14.6. The number of thiophene rings is 1. The van der Waals surface area contributed by atoms with Crippen molar-refractivity contribution in [2.75, 3.05) is 7.05 Å². The van der Waals surface area contributed by atoms with Crippen molar-refractivity contribution in [3.63, 3.8) is 0 Å². The van der Waals surface area contributed by atoms with Crippen LogP contribution in [0.15, 0.2) is 31.8 Å². The molecular weight excluding hydrogens is 404 g/mol. The fourth-order valence-electron chi connectivity index (χ4n) is 1.79. The zero-order chi connectivity index (χ0) is 13.3. The van der Waals surface area contributed by atoms with Gasteiger partial charge in [0.05, 0.1) is 13.6 Å². The summed E-state index contributed by atoms with van der Waals surface area (Å²) in [4.78, 5) is 0. The zero-order valence-corrected chi connectivity index (χ0v) is 14.1. The Balaban J connectivity index is 2.55. The van der Waals surface area contributed by atoms with E-state index < -0.39 is 0 Å². The van der Waals surface area contributed by atoms with Gasteiger partial charge < -0.3 is 5.32 Å². The molecule has 1 nitrogen and oxygen atoms in total. The van der Waals surface area contributed by atoms with Crippen molar-refractivity contribution in [1.29, 1.82) is 0 Å². The number of hydrogen-bond acceptors (Lipinski definition) is 2. The molecule has 0 aliphatic rings. The molecule has 2 rings (SSSR count). The Hall–Kier alpha value is 0.0600. The fraction of sp³-hybridized carbons (Fsp3) is 0.167.